The van der Waals surface area contributed by atoms with Gasteiger partial charge in [-0.2, -0.15) is 5.26 Å². The number of benzene rings is 1. The largest absolute Gasteiger partial charge is 0.493 e. The van der Waals surface area contributed by atoms with Crippen molar-refractivity contribution in [3.05, 3.63) is 35.4 Å². The Morgan fingerprint density at radius 1 is 1.27 bits per heavy atom. The van der Waals surface area contributed by atoms with Gasteiger partial charge in [0.2, 0.25) is 0 Å². The van der Waals surface area contributed by atoms with E-state index in [9.17, 15) is 10.1 Å². The van der Waals surface area contributed by atoms with Crippen molar-refractivity contribution in [1.82, 2.24) is 14.8 Å². The van der Waals surface area contributed by atoms with E-state index in [0.29, 0.717) is 22.9 Å². The molecule has 0 saturated heterocycles. The van der Waals surface area contributed by atoms with Gasteiger partial charge in [-0.1, -0.05) is 12.5 Å². The van der Waals surface area contributed by atoms with Crippen molar-refractivity contribution < 1.29 is 14.3 Å². The van der Waals surface area contributed by atoms with Crippen LogP contribution in [0.3, 0.4) is 0 Å². The number of ether oxygens (including phenoxy) is 2. The number of allylic oxidation sites excluding steroid dienone is 1. The molecular weight excluding hydrogens is 332 g/mol. The van der Waals surface area contributed by atoms with Crippen LogP contribution in [0.5, 0.6) is 11.5 Å². The van der Waals surface area contributed by atoms with Crippen LogP contribution in [-0.4, -0.2) is 27.8 Å². The van der Waals surface area contributed by atoms with E-state index in [4.69, 9.17) is 9.47 Å². The fraction of sp³-hybridized carbons (Fsp3) is 0.368. The van der Waals surface area contributed by atoms with Crippen molar-refractivity contribution in [2.45, 2.75) is 39.2 Å². The highest BCUT2D eigenvalue weighted by atomic mass is 16.6. The lowest BCUT2D eigenvalue weighted by Crippen LogP contribution is -2.05. The molecule has 0 aliphatic carbocycles. The molecule has 0 atom stereocenters. The first-order chi connectivity index (χ1) is 12.6. The Kier molecular flexibility index (Phi) is 5.32. The molecule has 7 nitrogen and oxygen atoms in total. The van der Waals surface area contributed by atoms with Crippen LogP contribution in [0.15, 0.2) is 18.2 Å². The first-order valence-electron chi connectivity index (χ1n) is 8.53. The summed E-state index contributed by atoms with van der Waals surface area (Å²) in [6, 6.07) is 7.34. The third-order valence-corrected chi connectivity index (χ3v) is 4.22. The summed E-state index contributed by atoms with van der Waals surface area (Å²) in [7, 11) is 1.50. The minimum absolute atomic E-state index is 0.340. The van der Waals surface area contributed by atoms with Crippen LogP contribution in [0.25, 0.3) is 11.6 Å². The Labute approximate surface area is 151 Å². The number of nitriles is 1. The van der Waals surface area contributed by atoms with E-state index in [2.05, 4.69) is 16.3 Å². The van der Waals surface area contributed by atoms with Crippen LogP contribution in [0.4, 0.5) is 0 Å². The van der Waals surface area contributed by atoms with Gasteiger partial charge in [-0.3, -0.25) is 4.79 Å². The number of aromatic nitrogens is 3. The van der Waals surface area contributed by atoms with E-state index in [1.165, 1.54) is 14.0 Å². The van der Waals surface area contributed by atoms with Crippen molar-refractivity contribution in [2.24, 2.45) is 0 Å². The van der Waals surface area contributed by atoms with E-state index in [0.717, 1.165) is 43.6 Å². The van der Waals surface area contributed by atoms with Crippen LogP contribution in [0.1, 0.15) is 43.4 Å². The molecule has 3 rings (SSSR count). The summed E-state index contributed by atoms with van der Waals surface area (Å²) in [5.41, 5.74) is 1.19. The smallest absolute Gasteiger partial charge is 0.308 e. The second-order valence-corrected chi connectivity index (χ2v) is 6.08. The summed E-state index contributed by atoms with van der Waals surface area (Å²) >= 11 is 0. The minimum atomic E-state index is -0.421. The molecule has 1 aromatic heterocycles. The summed E-state index contributed by atoms with van der Waals surface area (Å²) in [5, 5.41) is 18.1. The second-order valence-electron chi connectivity index (χ2n) is 6.08. The van der Waals surface area contributed by atoms with E-state index in [1.807, 2.05) is 4.57 Å². The number of hydrogen-bond donors (Lipinski definition) is 0. The van der Waals surface area contributed by atoms with Crippen LogP contribution in [0, 0.1) is 11.3 Å². The molecule has 1 aliphatic heterocycles. The van der Waals surface area contributed by atoms with Gasteiger partial charge in [-0.05, 0) is 36.6 Å². The predicted molar refractivity (Wildman–Crippen MR) is 95.4 cm³/mol. The predicted octanol–water partition coefficient (Wildman–Crippen LogP) is 3.00. The topological polar surface area (TPSA) is 90.0 Å². The zero-order valence-corrected chi connectivity index (χ0v) is 14.9. The fourth-order valence-corrected chi connectivity index (χ4v) is 3.01. The summed E-state index contributed by atoms with van der Waals surface area (Å²) in [5.74, 6) is 1.86. The molecule has 2 aromatic rings. The average Bonchev–Trinajstić information content (AvgIpc) is 2.88. The van der Waals surface area contributed by atoms with Gasteiger partial charge in [0.05, 0.1) is 12.7 Å². The lowest BCUT2D eigenvalue weighted by atomic mass is 10.1. The quantitative estimate of drug-likeness (QED) is 0.477. The third kappa shape index (κ3) is 3.75. The number of methoxy groups -OCH3 is 1. The first-order valence-corrected chi connectivity index (χ1v) is 8.53. The van der Waals surface area contributed by atoms with Gasteiger partial charge in [0.25, 0.3) is 0 Å². The number of fused-ring (bicyclic) bond motifs is 1. The van der Waals surface area contributed by atoms with Gasteiger partial charge < -0.3 is 14.0 Å². The molecule has 0 fully saturated rings. The summed E-state index contributed by atoms with van der Waals surface area (Å²) in [6.45, 7) is 2.16. The highest BCUT2D eigenvalue weighted by Gasteiger charge is 2.18. The number of carbonyl (C=O) groups excluding carboxylic acids is 1. The number of carbonyl (C=O) groups is 1. The third-order valence-electron chi connectivity index (χ3n) is 4.22. The Morgan fingerprint density at radius 2 is 2.12 bits per heavy atom. The second kappa shape index (κ2) is 7.83. The average molecular weight is 352 g/mol. The number of hydrogen-bond acceptors (Lipinski definition) is 6. The van der Waals surface area contributed by atoms with Crippen molar-refractivity contribution in [3.63, 3.8) is 0 Å². The summed E-state index contributed by atoms with van der Waals surface area (Å²) in [4.78, 5) is 11.2. The highest BCUT2D eigenvalue weighted by Crippen LogP contribution is 2.30. The van der Waals surface area contributed by atoms with Gasteiger partial charge in [-0.15, -0.1) is 10.2 Å². The Morgan fingerprint density at radius 3 is 2.85 bits per heavy atom. The van der Waals surface area contributed by atoms with Gasteiger partial charge in [0.15, 0.2) is 17.3 Å². The van der Waals surface area contributed by atoms with Crippen LogP contribution in [0.2, 0.25) is 0 Å². The lowest BCUT2D eigenvalue weighted by molar-refractivity contribution is -0.132. The molecule has 1 aliphatic rings. The molecule has 26 heavy (non-hydrogen) atoms. The fourth-order valence-electron chi connectivity index (χ4n) is 3.01. The van der Waals surface area contributed by atoms with E-state index in [1.54, 1.807) is 24.3 Å². The SMILES string of the molecule is COc1cc(/C=C(\C#N)c2nnc3n2CCCCC3)ccc1OC(C)=O. The molecule has 1 aromatic carbocycles. The van der Waals surface area contributed by atoms with E-state index in [-0.39, 0.29) is 0 Å². The first kappa shape index (κ1) is 17.7. The van der Waals surface area contributed by atoms with Gasteiger partial charge in [0.1, 0.15) is 11.9 Å². The Balaban J connectivity index is 1.96. The van der Waals surface area contributed by atoms with Crippen molar-refractivity contribution in [3.8, 4) is 17.6 Å². The zero-order chi connectivity index (χ0) is 18.5. The maximum Gasteiger partial charge on any atom is 0.308 e. The molecule has 7 heteroatoms. The van der Waals surface area contributed by atoms with Gasteiger partial charge >= 0.3 is 5.97 Å². The molecule has 134 valence electrons. The molecule has 0 radical (unpaired) electrons. The van der Waals surface area contributed by atoms with Crippen LogP contribution in [-0.2, 0) is 17.8 Å². The molecule has 0 unspecified atom stereocenters. The Bertz CT molecular complexity index is 893. The number of nitrogens with zero attached hydrogens (tertiary/aromatic N) is 4. The number of aryl methyl sites for hydroxylation is 1. The molecule has 0 bridgehead atoms. The lowest BCUT2D eigenvalue weighted by Gasteiger charge is -2.09. The Hall–Kier alpha value is -3.14. The summed E-state index contributed by atoms with van der Waals surface area (Å²) in [6.07, 6.45) is 5.93. The normalized spacial score (nSPS) is 14.1. The zero-order valence-electron chi connectivity index (χ0n) is 14.9. The number of esters is 1. The van der Waals surface area contributed by atoms with Crippen molar-refractivity contribution in [1.29, 1.82) is 5.26 Å². The molecule has 0 amide bonds. The summed E-state index contributed by atoms with van der Waals surface area (Å²) < 4.78 is 12.4. The molecule has 0 N–H and O–H groups in total. The number of rotatable bonds is 4. The molecule has 0 spiro atoms. The standard InChI is InChI=1S/C19H20N4O3/c1-13(24)26-16-8-7-14(11-17(16)25-2)10-15(12-20)19-22-21-18-6-4-3-5-9-23(18)19/h7-8,10-11H,3-6,9H2,1-2H3/b15-10+. The molecule has 0 saturated carbocycles. The van der Waals surface area contributed by atoms with E-state index < -0.39 is 5.97 Å². The van der Waals surface area contributed by atoms with Gasteiger partial charge in [-0.25, -0.2) is 0 Å². The molecular formula is C19H20N4O3. The van der Waals surface area contributed by atoms with Crippen molar-refractivity contribution in [2.75, 3.05) is 7.11 Å². The van der Waals surface area contributed by atoms with Crippen LogP contribution < -0.4 is 9.47 Å². The highest BCUT2D eigenvalue weighted by molar-refractivity contribution is 5.87. The van der Waals surface area contributed by atoms with Crippen LogP contribution >= 0.6 is 0 Å². The van der Waals surface area contributed by atoms with E-state index >= 15 is 0 Å². The maximum absolute atomic E-state index is 11.2. The minimum Gasteiger partial charge on any atom is -0.493 e. The maximum atomic E-state index is 11.2. The monoisotopic (exact) mass is 352 g/mol. The van der Waals surface area contributed by atoms with Crippen molar-refractivity contribution >= 4 is 17.6 Å². The molecule has 2 heterocycles. The van der Waals surface area contributed by atoms with Gasteiger partial charge in [0, 0.05) is 19.9 Å².